The molecule has 1 aliphatic heterocycles. The molecule has 0 N–H and O–H groups in total. The van der Waals surface area contributed by atoms with Gasteiger partial charge >= 0.3 is 0 Å². The normalized spacial score (nSPS) is 14.0. The van der Waals surface area contributed by atoms with Gasteiger partial charge in [0.1, 0.15) is 0 Å². The predicted octanol–water partition coefficient (Wildman–Crippen LogP) is 18.6. The van der Waals surface area contributed by atoms with Crippen molar-refractivity contribution in [3.63, 3.8) is 0 Å². The van der Waals surface area contributed by atoms with Gasteiger partial charge in [-0.1, -0.05) is 237 Å². The summed E-state index contributed by atoms with van der Waals surface area (Å²) >= 11 is 0. The molecule has 0 radical (unpaired) electrons. The highest BCUT2D eigenvalue weighted by atomic mass is 15.1. The van der Waals surface area contributed by atoms with Crippen molar-refractivity contribution in [2.75, 3.05) is 4.90 Å². The molecule has 1 aromatic heterocycles. The summed E-state index contributed by atoms with van der Waals surface area (Å²) in [6.07, 6.45) is 0. The molecule has 76 heavy (non-hydrogen) atoms. The number of benzene rings is 12. The second-order valence-corrected chi connectivity index (χ2v) is 21.0. The first-order chi connectivity index (χ1) is 37.7. The van der Waals surface area contributed by atoms with Crippen molar-refractivity contribution in [2.24, 2.45) is 0 Å². The van der Waals surface area contributed by atoms with E-state index >= 15 is 0 Å². The molecule has 17 rings (SSSR count). The minimum Gasteiger partial charge on any atom is -0.310 e. The van der Waals surface area contributed by atoms with Crippen LogP contribution in [0.2, 0.25) is 0 Å². The van der Waals surface area contributed by atoms with Gasteiger partial charge < -0.3 is 9.47 Å². The van der Waals surface area contributed by atoms with Crippen LogP contribution < -0.4 is 4.90 Å². The lowest BCUT2D eigenvalue weighted by Crippen LogP contribution is -2.33. The molecule has 0 fully saturated rings. The van der Waals surface area contributed by atoms with Gasteiger partial charge in [-0.2, -0.15) is 0 Å². The van der Waals surface area contributed by atoms with Crippen LogP contribution in [0.15, 0.2) is 279 Å². The fourth-order valence-electron chi connectivity index (χ4n) is 14.8. The van der Waals surface area contributed by atoms with Crippen molar-refractivity contribution in [3.8, 4) is 61.3 Å². The Kier molecular flexibility index (Phi) is 8.44. The molecular weight excluding hydrogens is 917 g/mol. The van der Waals surface area contributed by atoms with E-state index in [0.717, 1.165) is 22.6 Å². The summed E-state index contributed by atoms with van der Waals surface area (Å²) in [7, 11) is 0. The van der Waals surface area contributed by atoms with Crippen LogP contribution in [0.5, 0.6) is 0 Å². The molecule has 12 aromatic carbocycles. The molecule has 2 heteroatoms. The molecule has 2 nitrogen and oxygen atoms in total. The van der Waals surface area contributed by atoms with E-state index in [1.165, 1.54) is 122 Å². The summed E-state index contributed by atoms with van der Waals surface area (Å²) < 4.78 is 2.56. The Morgan fingerprint density at radius 2 is 0.697 bits per heavy atom. The zero-order valence-corrected chi connectivity index (χ0v) is 41.5. The van der Waals surface area contributed by atoms with Crippen LogP contribution in [0.1, 0.15) is 44.5 Å². The first kappa shape index (κ1) is 41.7. The van der Waals surface area contributed by atoms with Gasteiger partial charge in [0.05, 0.1) is 33.2 Å². The average molecular weight is 963 g/mol. The standard InChI is InChI=1S/C74H46N2/c1-2-22-47(23-3-1)50-24-4-5-25-51(50)58-31-11-19-39-69(58)75(48-42-43-57-56-30-10-15-35-63(56)73(67(57)45-48)61-33-13-6-26-52(61)53-27-7-14-34-62(53)73)49-44-60-59-32-12-20-40-70(59)76-71-41-21-18-38-66(71)74(68(46-49)72(60)76)64-36-16-8-28-54(64)55-29-9-17-37-65(55)74/h1-46H. The van der Waals surface area contributed by atoms with Crippen molar-refractivity contribution < 1.29 is 0 Å². The number of hydrogen-bond donors (Lipinski definition) is 0. The third-order valence-corrected chi connectivity index (χ3v) is 17.6. The number of aromatic nitrogens is 1. The molecular formula is C74H46N2. The smallest absolute Gasteiger partial charge is 0.0755 e. The Morgan fingerprint density at radius 3 is 1.30 bits per heavy atom. The minimum atomic E-state index is -0.617. The molecule has 0 saturated heterocycles. The van der Waals surface area contributed by atoms with E-state index in [4.69, 9.17) is 0 Å². The molecule has 0 atom stereocenters. The Bertz CT molecular complexity index is 4500. The number of rotatable bonds is 5. The lowest BCUT2D eigenvalue weighted by Gasteiger charge is -2.40. The van der Waals surface area contributed by atoms with Crippen molar-refractivity contribution in [3.05, 3.63) is 324 Å². The van der Waals surface area contributed by atoms with Gasteiger partial charge in [0.15, 0.2) is 0 Å². The lowest BCUT2D eigenvalue weighted by molar-refractivity contribution is 0.748. The number of anilines is 3. The van der Waals surface area contributed by atoms with E-state index < -0.39 is 10.8 Å². The fraction of sp³-hybridized carbons (Fsp3) is 0.0270. The van der Waals surface area contributed by atoms with Crippen LogP contribution in [0.3, 0.4) is 0 Å². The van der Waals surface area contributed by atoms with Gasteiger partial charge in [0, 0.05) is 27.7 Å². The molecule has 0 amide bonds. The van der Waals surface area contributed by atoms with Crippen LogP contribution in [-0.2, 0) is 10.8 Å². The largest absolute Gasteiger partial charge is 0.310 e. The zero-order chi connectivity index (χ0) is 49.7. The minimum absolute atomic E-state index is 0.519. The monoisotopic (exact) mass is 962 g/mol. The van der Waals surface area contributed by atoms with E-state index in [1.54, 1.807) is 0 Å². The first-order valence-electron chi connectivity index (χ1n) is 26.6. The van der Waals surface area contributed by atoms with E-state index in [0.29, 0.717) is 0 Å². The molecule has 2 spiro atoms. The molecule has 4 aliphatic rings. The number of fused-ring (bicyclic) bond motifs is 22. The maximum Gasteiger partial charge on any atom is 0.0755 e. The van der Waals surface area contributed by atoms with Crippen molar-refractivity contribution in [1.82, 2.24) is 4.57 Å². The summed E-state index contributed by atoms with van der Waals surface area (Å²) in [5, 5.41) is 2.46. The predicted molar refractivity (Wildman–Crippen MR) is 313 cm³/mol. The van der Waals surface area contributed by atoms with Crippen molar-refractivity contribution >= 4 is 38.9 Å². The molecule has 2 heterocycles. The van der Waals surface area contributed by atoms with E-state index in [-0.39, 0.29) is 0 Å². The van der Waals surface area contributed by atoms with Crippen LogP contribution in [0.25, 0.3) is 83.1 Å². The highest BCUT2D eigenvalue weighted by Gasteiger charge is 2.53. The van der Waals surface area contributed by atoms with Crippen molar-refractivity contribution in [2.45, 2.75) is 10.8 Å². The van der Waals surface area contributed by atoms with Crippen LogP contribution in [-0.4, -0.2) is 4.57 Å². The highest BCUT2D eigenvalue weighted by molar-refractivity contribution is 6.15. The van der Waals surface area contributed by atoms with Gasteiger partial charge in [-0.05, 0) is 137 Å². The zero-order valence-electron chi connectivity index (χ0n) is 41.5. The molecule has 352 valence electrons. The van der Waals surface area contributed by atoms with Gasteiger partial charge in [-0.15, -0.1) is 0 Å². The van der Waals surface area contributed by atoms with Gasteiger partial charge in [0.25, 0.3) is 0 Å². The van der Waals surface area contributed by atoms with Gasteiger partial charge in [-0.25, -0.2) is 0 Å². The molecule has 0 saturated carbocycles. The second-order valence-electron chi connectivity index (χ2n) is 21.0. The maximum absolute atomic E-state index is 2.60. The topological polar surface area (TPSA) is 8.17 Å². The Hall–Kier alpha value is -9.76. The lowest BCUT2D eigenvalue weighted by atomic mass is 9.65. The molecule has 0 unspecified atom stereocenters. The quantitative estimate of drug-likeness (QED) is 0.167. The highest BCUT2D eigenvalue weighted by Crippen LogP contribution is 2.65. The maximum atomic E-state index is 2.60. The number of para-hydroxylation sites is 3. The molecule has 13 aromatic rings. The summed E-state index contributed by atoms with van der Waals surface area (Å²) in [6, 6.07) is 105. The summed E-state index contributed by atoms with van der Waals surface area (Å²) in [4.78, 5) is 2.60. The number of hydrogen-bond acceptors (Lipinski definition) is 1. The first-order valence-corrected chi connectivity index (χ1v) is 26.6. The third kappa shape index (κ3) is 5.20. The van der Waals surface area contributed by atoms with E-state index in [9.17, 15) is 0 Å². The molecule has 3 aliphatic carbocycles. The Morgan fingerprint density at radius 1 is 0.263 bits per heavy atom. The van der Waals surface area contributed by atoms with Crippen LogP contribution >= 0.6 is 0 Å². The van der Waals surface area contributed by atoms with E-state index in [1.807, 2.05) is 0 Å². The summed E-state index contributed by atoms with van der Waals surface area (Å²) in [5.41, 5.74) is 28.8. The number of nitrogens with zero attached hydrogens (tertiary/aromatic N) is 2. The summed E-state index contributed by atoms with van der Waals surface area (Å²) in [5.74, 6) is 0. The van der Waals surface area contributed by atoms with Crippen LogP contribution in [0, 0.1) is 0 Å². The fourth-order valence-corrected chi connectivity index (χ4v) is 14.8. The second kappa shape index (κ2) is 15.4. The average Bonchev–Trinajstić information content (AvgIpc) is 4.36. The Labute approximate surface area is 441 Å². The molecule has 0 bridgehead atoms. The van der Waals surface area contributed by atoms with Gasteiger partial charge in [-0.3, -0.25) is 0 Å². The van der Waals surface area contributed by atoms with Crippen molar-refractivity contribution in [1.29, 1.82) is 0 Å². The SMILES string of the molecule is c1ccc(-c2ccccc2-c2ccccc2N(c2ccc3c(c2)C2(c4ccccc4-c4ccccc42)c2ccccc2-3)c2cc3c4c(c2)c2ccccc2n4-c2ccccc2C32c3ccccc3-c3ccccc32)cc1. The van der Waals surface area contributed by atoms with E-state index in [2.05, 4.69) is 289 Å². The summed E-state index contributed by atoms with van der Waals surface area (Å²) in [6.45, 7) is 0. The van der Waals surface area contributed by atoms with Gasteiger partial charge in [0.2, 0.25) is 0 Å². The van der Waals surface area contributed by atoms with Crippen LogP contribution in [0.4, 0.5) is 17.1 Å². The Balaban J connectivity index is 1.02. The third-order valence-electron chi connectivity index (χ3n) is 17.6.